The molecule has 8 heteroatoms. The average Bonchev–Trinajstić information content (AvgIpc) is 3.08. The van der Waals surface area contributed by atoms with Crippen molar-refractivity contribution in [1.29, 1.82) is 0 Å². The Bertz CT molecular complexity index is 1030. The van der Waals surface area contributed by atoms with Gasteiger partial charge >= 0.3 is 6.03 Å². The van der Waals surface area contributed by atoms with Crippen LogP contribution in [0, 0.1) is 11.3 Å². The number of urea groups is 1. The number of amides is 4. The van der Waals surface area contributed by atoms with Crippen molar-refractivity contribution in [2.24, 2.45) is 18.4 Å². The molecule has 2 N–H and O–H groups in total. The van der Waals surface area contributed by atoms with Crippen molar-refractivity contribution in [2.45, 2.75) is 52.1 Å². The van der Waals surface area contributed by atoms with E-state index in [1.54, 1.807) is 0 Å². The number of para-hydroxylation sites is 2. The van der Waals surface area contributed by atoms with Crippen LogP contribution in [0.25, 0.3) is 11.0 Å². The Morgan fingerprint density at radius 2 is 2.00 bits per heavy atom. The summed E-state index contributed by atoms with van der Waals surface area (Å²) in [4.78, 5) is 43.8. The molecule has 160 valence electrons. The molecule has 0 unspecified atom stereocenters. The quantitative estimate of drug-likeness (QED) is 0.755. The zero-order chi connectivity index (χ0) is 21.7. The van der Waals surface area contributed by atoms with Crippen LogP contribution in [0.4, 0.5) is 4.79 Å². The number of carbonyl (C=O) groups excluding carboxylic acids is 3. The van der Waals surface area contributed by atoms with E-state index < -0.39 is 11.6 Å². The fraction of sp³-hybridized carbons (Fsp3) is 0.545. The molecule has 2 atom stereocenters. The number of nitrogens with zero attached hydrogens (tertiary/aromatic N) is 3. The lowest BCUT2D eigenvalue weighted by atomic mass is 9.64. The molecule has 0 radical (unpaired) electrons. The molecule has 1 saturated heterocycles. The molecule has 2 aromatic rings. The van der Waals surface area contributed by atoms with Crippen LogP contribution in [-0.4, -0.2) is 44.4 Å². The van der Waals surface area contributed by atoms with Gasteiger partial charge in [-0.15, -0.1) is 0 Å². The summed E-state index contributed by atoms with van der Waals surface area (Å²) in [5, 5.41) is 5.69. The van der Waals surface area contributed by atoms with E-state index in [0.29, 0.717) is 24.6 Å². The van der Waals surface area contributed by atoms with Crippen molar-refractivity contribution < 1.29 is 14.4 Å². The van der Waals surface area contributed by atoms with Crippen molar-refractivity contribution in [3.05, 3.63) is 30.1 Å². The number of carbonyl (C=O) groups is 3. The van der Waals surface area contributed by atoms with Crippen LogP contribution >= 0.6 is 0 Å². The molecular formula is C22H29N5O3. The first-order chi connectivity index (χ1) is 14.1. The number of benzene rings is 1. The zero-order valence-electron chi connectivity index (χ0n) is 18.0. The molecule has 1 aliphatic heterocycles. The van der Waals surface area contributed by atoms with E-state index in [1.165, 1.54) is 0 Å². The van der Waals surface area contributed by atoms with Crippen LogP contribution < -0.4 is 10.6 Å². The Labute approximate surface area is 176 Å². The summed E-state index contributed by atoms with van der Waals surface area (Å²) in [5.41, 5.74) is 0.899. The monoisotopic (exact) mass is 411 g/mol. The second-order valence-electron chi connectivity index (χ2n) is 9.61. The molecule has 30 heavy (non-hydrogen) atoms. The Morgan fingerprint density at radius 1 is 1.27 bits per heavy atom. The number of hydrogen-bond acceptors (Lipinski definition) is 4. The highest BCUT2D eigenvalue weighted by molar-refractivity contribution is 6.09. The maximum absolute atomic E-state index is 13.2. The van der Waals surface area contributed by atoms with Gasteiger partial charge in [-0.3, -0.25) is 14.5 Å². The van der Waals surface area contributed by atoms with E-state index in [-0.39, 0.29) is 30.3 Å². The highest BCUT2D eigenvalue weighted by Gasteiger charge is 2.56. The highest BCUT2D eigenvalue weighted by Crippen LogP contribution is 2.46. The normalized spacial score (nSPS) is 25.7. The van der Waals surface area contributed by atoms with E-state index in [0.717, 1.165) is 22.4 Å². The number of aromatic nitrogens is 2. The molecule has 8 nitrogen and oxygen atoms in total. The molecule has 4 rings (SSSR count). The fourth-order valence-corrected chi connectivity index (χ4v) is 5.38. The molecule has 0 bridgehead atoms. The van der Waals surface area contributed by atoms with Crippen LogP contribution in [0.2, 0.25) is 0 Å². The predicted molar refractivity (Wildman–Crippen MR) is 112 cm³/mol. The molecular weight excluding hydrogens is 382 g/mol. The largest absolute Gasteiger partial charge is 0.347 e. The van der Waals surface area contributed by atoms with E-state index in [9.17, 15) is 14.4 Å². The Kier molecular flexibility index (Phi) is 4.83. The van der Waals surface area contributed by atoms with E-state index in [1.807, 2.05) is 35.9 Å². The van der Waals surface area contributed by atoms with Gasteiger partial charge < -0.3 is 15.2 Å². The van der Waals surface area contributed by atoms with Gasteiger partial charge in [-0.1, -0.05) is 32.9 Å². The summed E-state index contributed by atoms with van der Waals surface area (Å²) < 4.78 is 1.92. The minimum absolute atomic E-state index is 0.0426. The van der Waals surface area contributed by atoms with Gasteiger partial charge in [0, 0.05) is 7.05 Å². The third-order valence-corrected chi connectivity index (χ3v) is 6.25. The lowest BCUT2D eigenvalue weighted by Gasteiger charge is -2.43. The Morgan fingerprint density at radius 3 is 2.70 bits per heavy atom. The number of imide groups is 1. The van der Waals surface area contributed by atoms with Crippen molar-refractivity contribution in [3.8, 4) is 0 Å². The molecule has 1 aromatic carbocycles. The van der Waals surface area contributed by atoms with E-state index >= 15 is 0 Å². The van der Waals surface area contributed by atoms with Crippen LogP contribution in [0.3, 0.4) is 0 Å². The van der Waals surface area contributed by atoms with Gasteiger partial charge in [-0.05, 0) is 42.7 Å². The molecule has 2 fully saturated rings. The smallest absolute Gasteiger partial charge is 0.325 e. The van der Waals surface area contributed by atoms with Gasteiger partial charge in [-0.25, -0.2) is 9.78 Å². The molecule has 1 aliphatic carbocycles. The minimum atomic E-state index is -0.893. The molecule has 4 amide bonds. The number of imidazole rings is 1. The third-order valence-electron chi connectivity index (χ3n) is 6.25. The minimum Gasteiger partial charge on any atom is -0.347 e. The zero-order valence-corrected chi connectivity index (χ0v) is 18.0. The molecule has 1 spiro atoms. The molecule has 2 heterocycles. The van der Waals surface area contributed by atoms with Gasteiger partial charge in [0.25, 0.3) is 5.91 Å². The Balaban J connectivity index is 1.42. The summed E-state index contributed by atoms with van der Waals surface area (Å²) in [6.45, 7) is 6.29. The predicted octanol–water partition coefficient (Wildman–Crippen LogP) is 2.33. The van der Waals surface area contributed by atoms with Gasteiger partial charge in [0.2, 0.25) is 5.91 Å². The summed E-state index contributed by atoms with van der Waals surface area (Å²) in [5.74, 6) is 0.362. The summed E-state index contributed by atoms with van der Waals surface area (Å²) in [6, 6.07) is 7.25. The topological polar surface area (TPSA) is 96.3 Å². The van der Waals surface area contributed by atoms with Crippen molar-refractivity contribution in [2.75, 3.05) is 6.54 Å². The number of fused-ring (bicyclic) bond motifs is 1. The first-order valence-electron chi connectivity index (χ1n) is 10.4. The van der Waals surface area contributed by atoms with Crippen molar-refractivity contribution in [1.82, 2.24) is 25.1 Å². The van der Waals surface area contributed by atoms with Crippen molar-refractivity contribution >= 4 is 28.9 Å². The number of aryl methyl sites for hydroxylation is 1. The standard InChI is InChI=1S/C22H29N5O3/c1-14-9-21(2,3)13-22(10-14)19(29)27(20(30)25-22)12-18(28)23-11-17-24-15-7-5-6-8-16(15)26(17)4/h5-8,14H,9-13H2,1-4H3,(H,23,28)(H,25,30)/t14-,22+/m0/s1. The van der Waals surface area contributed by atoms with Gasteiger partial charge in [0.15, 0.2) is 0 Å². The van der Waals surface area contributed by atoms with Gasteiger partial charge in [-0.2, -0.15) is 0 Å². The van der Waals surface area contributed by atoms with Crippen molar-refractivity contribution in [3.63, 3.8) is 0 Å². The summed E-state index contributed by atoms with van der Waals surface area (Å²) in [6.07, 6.45) is 2.21. The lowest BCUT2D eigenvalue weighted by molar-refractivity contribution is -0.137. The first kappa shape index (κ1) is 20.4. The highest BCUT2D eigenvalue weighted by atomic mass is 16.2. The SMILES string of the molecule is C[C@H]1CC(C)(C)C[C@@]2(C1)NC(=O)N(CC(=O)NCc1nc3ccccc3n1C)C2=O. The van der Waals surface area contributed by atoms with Crippen LogP contribution in [0.1, 0.15) is 45.9 Å². The van der Waals surface area contributed by atoms with Gasteiger partial charge in [0.05, 0.1) is 17.6 Å². The molecule has 2 aliphatic rings. The third kappa shape index (κ3) is 3.55. The number of hydrogen-bond donors (Lipinski definition) is 2. The number of nitrogens with one attached hydrogen (secondary N) is 2. The maximum Gasteiger partial charge on any atom is 0.325 e. The Hall–Kier alpha value is -2.90. The van der Waals surface area contributed by atoms with Crippen LogP contribution in [0.5, 0.6) is 0 Å². The van der Waals surface area contributed by atoms with Crippen LogP contribution in [0.15, 0.2) is 24.3 Å². The summed E-state index contributed by atoms with van der Waals surface area (Å²) >= 11 is 0. The lowest BCUT2D eigenvalue weighted by Crippen LogP contribution is -2.54. The molecule has 1 saturated carbocycles. The average molecular weight is 412 g/mol. The number of rotatable bonds is 4. The van der Waals surface area contributed by atoms with E-state index in [2.05, 4.69) is 36.4 Å². The second kappa shape index (κ2) is 7.11. The maximum atomic E-state index is 13.2. The first-order valence-corrected chi connectivity index (χ1v) is 10.4. The fourth-order valence-electron chi connectivity index (χ4n) is 5.38. The molecule has 1 aromatic heterocycles. The summed E-state index contributed by atoms with van der Waals surface area (Å²) in [7, 11) is 1.89. The second-order valence-corrected chi connectivity index (χ2v) is 9.61. The van der Waals surface area contributed by atoms with Gasteiger partial charge in [0.1, 0.15) is 17.9 Å². The van der Waals surface area contributed by atoms with Crippen LogP contribution in [-0.2, 0) is 23.2 Å². The van der Waals surface area contributed by atoms with E-state index in [4.69, 9.17) is 0 Å².